The van der Waals surface area contributed by atoms with Gasteiger partial charge in [0.25, 0.3) is 5.91 Å². The van der Waals surface area contributed by atoms with E-state index in [2.05, 4.69) is 0 Å². The lowest BCUT2D eigenvalue weighted by Crippen LogP contribution is -2.36. The summed E-state index contributed by atoms with van der Waals surface area (Å²) in [6.07, 6.45) is 0.0543. The van der Waals surface area contributed by atoms with Crippen LogP contribution in [0.1, 0.15) is 27.9 Å². The lowest BCUT2D eigenvalue weighted by Gasteiger charge is -2.22. The quantitative estimate of drug-likeness (QED) is 0.496. The topological polar surface area (TPSA) is 89.7 Å². The molecule has 0 saturated heterocycles. The van der Waals surface area contributed by atoms with Crippen molar-refractivity contribution >= 4 is 17.6 Å². The Balaban J connectivity index is 1.60. The molecule has 0 spiro atoms. The monoisotopic (exact) mass is 434 g/mol. The second-order valence-electron chi connectivity index (χ2n) is 7.17. The molecule has 7 heteroatoms. The number of halogens is 1. The van der Waals surface area contributed by atoms with Crippen molar-refractivity contribution in [3.63, 3.8) is 0 Å². The fourth-order valence-corrected chi connectivity index (χ4v) is 3.05. The van der Waals surface area contributed by atoms with E-state index in [1.165, 1.54) is 29.2 Å². The fourth-order valence-electron chi connectivity index (χ4n) is 3.05. The molecule has 32 heavy (non-hydrogen) atoms. The molecule has 0 aliphatic rings. The van der Waals surface area contributed by atoms with Crippen molar-refractivity contribution in [2.24, 2.45) is 5.73 Å². The molecule has 0 heterocycles. The summed E-state index contributed by atoms with van der Waals surface area (Å²) in [4.78, 5) is 37.8. The first kappa shape index (κ1) is 22.7. The normalized spacial score (nSPS) is 10.4. The van der Waals surface area contributed by atoms with Crippen LogP contribution in [0, 0.1) is 5.82 Å². The molecule has 0 saturated carbocycles. The van der Waals surface area contributed by atoms with Crippen LogP contribution in [0.3, 0.4) is 0 Å². The summed E-state index contributed by atoms with van der Waals surface area (Å²) in [6.45, 7) is 0.301. The number of benzene rings is 3. The standard InChI is InChI=1S/C25H23FN2O4/c26-21-10-6-19(7-11-21)25(31)20-8-12-22(13-9-20)32-17-24(30)28(15-14-23(27)29)16-18-4-2-1-3-5-18/h1-13H,14-17H2,(H2,27,29). The Kier molecular flexibility index (Phi) is 7.70. The number of primary amides is 1. The molecule has 0 aliphatic carbocycles. The highest BCUT2D eigenvalue weighted by molar-refractivity contribution is 6.09. The summed E-state index contributed by atoms with van der Waals surface area (Å²) in [6, 6.07) is 21.1. The van der Waals surface area contributed by atoms with E-state index in [9.17, 15) is 18.8 Å². The zero-order valence-corrected chi connectivity index (χ0v) is 17.4. The zero-order chi connectivity index (χ0) is 22.9. The van der Waals surface area contributed by atoms with Gasteiger partial charge in [-0.2, -0.15) is 0 Å². The van der Waals surface area contributed by atoms with Crippen LogP contribution < -0.4 is 10.5 Å². The minimum absolute atomic E-state index is 0.0543. The van der Waals surface area contributed by atoms with E-state index in [4.69, 9.17) is 10.5 Å². The van der Waals surface area contributed by atoms with Crippen LogP contribution in [0.25, 0.3) is 0 Å². The Hall–Kier alpha value is -4.00. The average molecular weight is 434 g/mol. The number of nitrogens with zero attached hydrogens (tertiary/aromatic N) is 1. The van der Waals surface area contributed by atoms with Gasteiger partial charge in [-0.15, -0.1) is 0 Å². The van der Waals surface area contributed by atoms with Gasteiger partial charge in [0.1, 0.15) is 11.6 Å². The second kappa shape index (κ2) is 10.9. The van der Waals surface area contributed by atoms with E-state index >= 15 is 0 Å². The number of hydrogen-bond donors (Lipinski definition) is 1. The van der Waals surface area contributed by atoms with E-state index < -0.39 is 11.7 Å². The number of amides is 2. The number of ketones is 1. The van der Waals surface area contributed by atoms with Crippen LogP contribution in [0.2, 0.25) is 0 Å². The summed E-state index contributed by atoms with van der Waals surface area (Å²) in [7, 11) is 0. The summed E-state index contributed by atoms with van der Waals surface area (Å²) < 4.78 is 18.6. The Morgan fingerprint density at radius 3 is 2.03 bits per heavy atom. The lowest BCUT2D eigenvalue weighted by molar-refractivity contribution is -0.134. The predicted octanol–water partition coefficient (Wildman–Crippen LogP) is 3.34. The van der Waals surface area contributed by atoms with Crippen molar-refractivity contribution in [1.82, 2.24) is 4.90 Å². The minimum Gasteiger partial charge on any atom is -0.484 e. The summed E-state index contributed by atoms with van der Waals surface area (Å²) in [5.41, 5.74) is 6.95. The van der Waals surface area contributed by atoms with E-state index in [1.807, 2.05) is 30.3 Å². The van der Waals surface area contributed by atoms with Gasteiger partial charge in [0, 0.05) is 30.6 Å². The average Bonchev–Trinajstić information content (AvgIpc) is 2.81. The summed E-state index contributed by atoms with van der Waals surface area (Å²) >= 11 is 0. The van der Waals surface area contributed by atoms with Crippen molar-refractivity contribution < 1.29 is 23.5 Å². The molecule has 164 valence electrons. The van der Waals surface area contributed by atoms with Crippen LogP contribution in [-0.2, 0) is 16.1 Å². The highest BCUT2D eigenvalue weighted by atomic mass is 19.1. The number of carbonyl (C=O) groups is 3. The maximum Gasteiger partial charge on any atom is 0.260 e. The van der Waals surface area contributed by atoms with Gasteiger partial charge in [0.15, 0.2) is 12.4 Å². The molecule has 0 unspecified atom stereocenters. The third-order valence-corrected chi connectivity index (χ3v) is 4.78. The van der Waals surface area contributed by atoms with Crippen LogP contribution in [0.4, 0.5) is 4.39 Å². The first-order valence-electron chi connectivity index (χ1n) is 10.1. The molecule has 3 aromatic rings. The Bertz CT molecular complexity index is 1070. The SMILES string of the molecule is NC(=O)CCN(Cc1ccccc1)C(=O)COc1ccc(C(=O)c2ccc(F)cc2)cc1. The van der Waals surface area contributed by atoms with Crippen molar-refractivity contribution in [1.29, 1.82) is 0 Å². The molecular weight excluding hydrogens is 411 g/mol. The Morgan fingerprint density at radius 1 is 0.844 bits per heavy atom. The van der Waals surface area contributed by atoms with Crippen molar-refractivity contribution in [3.05, 3.63) is 101 Å². The Morgan fingerprint density at radius 2 is 1.44 bits per heavy atom. The maximum atomic E-state index is 13.0. The minimum atomic E-state index is -0.488. The molecule has 0 aromatic heterocycles. The van der Waals surface area contributed by atoms with Gasteiger partial charge < -0.3 is 15.4 Å². The predicted molar refractivity (Wildman–Crippen MR) is 117 cm³/mol. The smallest absolute Gasteiger partial charge is 0.260 e. The number of ether oxygens (including phenoxy) is 1. The largest absolute Gasteiger partial charge is 0.484 e. The zero-order valence-electron chi connectivity index (χ0n) is 17.4. The molecule has 0 fully saturated rings. The molecule has 2 amide bonds. The Labute approximate surface area is 185 Å². The second-order valence-corrected chi connectivity index (χ2v) is 7.17. The maximum absolute atomic E-state index is 13.0. The molecule has 0 radical (unpaired) electrons. The van der Waals surface area contributed by atoms with Gasteiger partial charge >= 0.3 is 0 Å². The van der Waals surface area contributed by atoms with Gasteiger partial charge in [0.2, 0.25) is 5.91 Å². The highest BCUT2D eigenvalue weighted by Crippen LogP contribution is 2.16. The van der Waals surface area contributed by atoms with Gasteiger partial charge in [-0.3, -0.25) is 14.4 Å². The molecule has 0 atom stereocenters. The van der Waals surface area contributed by atoms with Crippen LogP contribution >= 0.6 is 0 Å². The molecule has 2 N–H and O–H groups in total. The van der Waals surface area contributed by atoms with Crippen LogP contribution in [-0.4, -0.2) is 35.6 Å². The molecular formula is C25H23FN2O4. The number of carbonyl (C=O) groups excluding carboxylic acids is 3. The van der Waals surface area contributed by atoms with Gasteiger partial charge in [-0.25, -0.2) is 4.39 Å². The van der Waals surface area contributed by atoms with Crippen molar-refractivity contribution in [2.45, 2.75) is 13.0 Å². The van der Waals surface area contributed by atoms with Gasteiger partial charge in [0.05, 0.1) is 0 Å². The van der Waals surface area contributed by atoms with E-state index in [0.717, 1.165) is 5.56 Å². The number of rotatable bonds is 10. The molecule has 3 aromatic carbocycles. The first-order valence-corrected chi connectivity index (χ1v) is 10.1. The highest BCUT2D eigenvalue weighted by Gasteiger charge is 2.16. The van der Waals surface area contributed by atoms with Crippen LogP contribution in [0.15, 0.2) is 78.9 Å². The first-order chi connectivity index (χ1) is 15.4. The van der Waals surface area contributed by atoms with Crippen molar-refractivity contribution in [3.8, 4) is 5.75 Å². The van der Waals surface area contributed by atoms with E-state index in [-0.39, 0.29) is 31.3 Å². The number of nitrogens with two attached hydrogens (primary N) is 1. The third kappa shape index (κ3) is 6.50. The number of hydrogen-bond acceptors (Lipinski definition) is 4. The lowest BCUT2D eigenvalue weighted by atomic mass is 10.0. The summed E-state index contributed by atoms with van der Waals surface area (Å²) in [5, 5.41) is 0. The molecule has 6 nitrogen and oxygen atoms in total. The third-order valence-electron chi connectivity index (χ3n) is 4.78. The fraction of sp³-hybridized carbons (Fsp3) is 0.160. The summed E-state index contributed by atoms with van der Waals surface area (Å²) in [5.74, 6) is -1.01. The molecule has 0 bridgehead atoms. The van der Waals surface area contributed by atoms with Gasteiger partial charge in [-0.1, -0.05) is 30.3 Å². The molecule has 0 aliphatic heterocycles. The van der Waals surface area contributed by atoms with Gasteiger partial charge in [-0.05, 0) is 54.1 Å². The van der Waals surface area contributed by atoms with E-state index in [1.54, 1.807) is 24.3 Å². The molecule has 3 rings (SSSR count). The van der Waals surface area contributed by atoms with E-state index in [0.29, 0.717) is 23.4 Å². The van der Waals surface area contributed by atoms with Crippen LogP contribution in [0.5, 0.6) is 5.75 Å². The van der Waals surface area contributed by atoms with Crippen molar-refractivity contribution in [2.75, 3.05) is 13.2 Å².